The predicted octanol–water partition coefficient (Wildman–Crippen LogP) is 5.47. The van der Waals surface area contributed by atoms with Crippen LogP contribution in [0.5, 0.6) is 0 Å². The molecule has 1 heterocycles. The van der Waals surface area contributed by atoms with E-state index in [-0.39, 0.29) is 17.3 Å². The first-order valence-corrected chi connectivity index (χ1v) is 11.0. The molecule has 1 aromatic heterocycles. The standard InChI is InChI=1S/C26H37N3O3/c1-16(2)25(30)32-19(5)31-24(23-17(3)18(4)28-29(23)10)22(15-27-9)20-11-13-21(14-12-20)26(6,7)8/h11-16,19H,1-10H3/b24-22-,27-15?. The van der Waals surface area contributed by atoms with Crippen LogP contribution in [0.4, 0.5) is 0 Å². The van der Waals surface area contributed by atoms with Crippen LogP contribution in [0.3, 0.4) is 0 Å². The van der Waals surface area contributed by atoms with Gasteiger partial charge in [0, 0.05) is 38.4 Å². The third-order valence-corrected chi connectivity index (χ3v) is 5.34. The molecule has 0 spiro atoms. The summed E-state index contributed by atoms with van der Waals surface area (Å²) < 4.78 is 13.6. The molecule has 0 saturated heterocycles. The highest BCUT2D eigenvalue weighted by Gasteiger charge is 2.24. The summed E-state index contributed by atoms with van der Waals surface area (Å²) in [6.45, 7) is 15.9. The molecule has 174 valence electrons. The van der Waals surface area contributed by atoms with Crippen LogP contribution in [0.15, 0.2) is 29.3 Å². The monoisotopic (exact) mass is 439 g/mol. The molecule has 2 rings (SSSR count). The lowest BCUT2D eigenvalue weighted by molar-refractivity contribution is -0.167. The maximum Gasteiger partial charge on any atom is 0.311 e. The molecule has 32 heavy (non-hydrogen) atoms. The second kappa shape index (κ2) is 10.2. The van der Waals surface area contributed by atoms with E-state index in [0.717, 1.165) is 28.1 Å². The van der Waals surface area contributed by atoms with E-state index in [1.807, 2.05) is 20.9 Å². The van der Waals surface area contributed by atoms with Crippen molar-refractivity contribution in [1.82, 2.24) is 9.78 Å². The van der Waals surface area contributed by atoms with Gasteiger partial charge < -0.3 is 9.47 Å². The fourth-order valence-electron chi connectivity index (χ4n) is 3.36. The zero-order valence-electron chi connectivity index (χ0n) is 21.1. The van der Waals surface area contributed by atoms with Gasteiger partial charge in [-0.25, -0.2) is 0 Å². The van der Waals surface area contributed by atoms with Crippen LogP contribution in [0.2, 0.25) is 0 Å². The van der Waals surface area contributed by atoms with Gasteiger partial charge in [0.15, 0.2) is 5.76 Å². The Kier molecular flexibility index (Phi) is 8.05. The number of esters is 1. The quantitative estimate of drug-likeness (QED) is 0.248. The molecule has 1 unspecified atom stereocenters. The van der Waals surface area contributed by atoms with Crippen molar-refractivity contribution in [3.63, 3.8) is 0 Å². The molecule has 1 atom stereocenters. The molecule has 0 N–H and O–H groups in total. The number of aryl methyl sites for hydroxylation is 2. The van der Waals surface area contributed by atoms with Gasteiger partial charge in [0.1, 0.15) is 5.69 Å². The minimum absolute atomic E-state index is 0.0515. The van der Waals surface area contributed by atoms with Gasteiger partial charge in [0.25, 0.3) is 0 Å². The first-order valence-electron chi connectivity index (χ1n) is 11.0. The Balaban J connectivity index is 2.67. The van der Waals surface area contributed by atoms with E-state index in [2.05, 4.69) is 55.1 Å². The Morgan fingerprint density at radius 1 is 1.09 bits per heavy atom. The van der Waals surface area contributed by atoms with Gasteiger partial charge in [-0.3, -0.25) is 14.5 Å². The molecule has 0 aliphatic carbocycles. The second-order valence-electron chi connectivity index (χ2n) is 9.42. The number of hydrogen-bond acceptors (Lipinski definition) is 5. The van der Waals surface area contributed by atoms with Gasteiger partial charge in [0.2, 0.25) is 6.29 Å². The number of allylic oxidation sites excluding steroid dienone is 1. The first kappa shape index (κ1) is 25.4. The number of carbonyl (C=O) groups excluding carboxylic acids is 1. The van der Waals surface area contributed by atoms with Crippen molar-refractivity contribution in [2.45, 2.75) is 67.1 Å². The van der Waals surface area contributed by atoms with E-state index in [4.69, 9.17) is 9.47 Å². The molecule has 6 nitrogen and oxygen atoms in total. The minimum Gasteiger partial charge on any atom is -0.452 e. The van der Waals surface area contributed by atoms with Gasteiger partial charge >= 0.3 is 5.97 Å². The summed E-state index contributed by atoms with van der Waals surface area (Å²) in [5, 5.41) is 4.56. The first-order chi connectivity index (χ1) is 14.9. The number of ether oxygens (including phenoxy) is 2. The Hall–Kier alpha value is -2.89. The van der Waals surface area contributed by atoms with Gasteiger partial charge in [-0.2, -0.15) is 5.10 Å². The Labute approximate surface area is 192 Å². The second-order valence-corrected chi connectivity index (χ2v) is 9.42. The normalized spacial score (nSPS) is 14.0. The van der Waals surface area contributed by atoms with E-state index in [9.17, 15) is 4.79 Å². The average molecular weight is 440 g/mol. The fourth-order valence-corrected chi connectivity index (χ4v) is 3.36. The molecule has 6 heteroatoms. The van der Waals surface area contributed by atoms with Gasteiger partial charge in [-0.15, -0.1) is 0 Å². The summed E-state index contributed by atoms with van der Waals surface area (Å²) in [7, 11) is 3.61. The number of nitrogens with zero attached hydrogens (tertiary/aromatic N) is 3. The van der Waals surface area contributed by atoms with Crippen molar-refractivity contribution < 1.29 is 14.3 Å². The van der Waals surface area contributed by atoms with Crippen LogP contribution in [0.1, 0.15) is 69.6 Å². The Bertz CT molecular complexity index is 1010. The highest BCUT2D eigenvalue weighted by atomic mass is 16.7. The third kappa shape index (κ3) is 5.87. The lowest BCUT2D eigenvalue weighted by atomic mass is 9.86. The SMILES string of the molecule is CN=C/C(=C(/OC(C)OC(=O)C(C)C)c1c(C)c(C)nn1C)c1ccc(C(C)(C)C)cc1. The zero-order chi connectivity index (χ0) is 24.2. The Morgan fingerprint density at radius 3 is 2.12 bits per heavy atom. The molecule has 0 amide bonds. The van der Waals surface area contributed by atoms with Crippen LogP contribution >= 0.6 is 0 Å². The molecule has 2 aromatic rings. The molecular weight excluding hydrogens is 402 g/mol. The molecule has 0 aliphatic heterocycles. The number of aromatic nitrogens is 2. The maximum atomic E-state index is 12.1. The van der Waals surface area contributed by atoms with E-state index in [1.54, 1.807) is 38.7 Å². The number of benzene rings is 1. The number of rotatable bonds is 7. The van der Waals surface area contributed by atoms with Gasteiger partial charge in [0.05, 0.1) is 11.6 Å². The summed E-state index contributed by atoms with van der Waals surface area (Å²) in [6.07, 6.45) is 1.00. The summed E-state index contributed by atoms with van der Waals surface area (Å²) in [6, 6.07) is 8.40. The molecule has 0 aliphatic rings. The van der Waals surface area contributed by atoms with E-state index < -0.39 is 6.29 Å². The highest BCUT2D eigenvalue weighted by Crippen LogP contribution is 2.32. The minimum atomic E-state index is -0.774. The largest absolute Gasteiger partial charge is 0.452 e. The van der Waals surface area contributed by atoms with Crippen LogP contribution in [-0.4, -0.2) is 35.3 Å². The lowest BCUT2D eigenvalue weighted by Gasteiger charge is -2.22. The zero-order valence-corrected chi connectivity index (χ0v) is 21.1. The van der Waals surface area contributed by atoms with Gasteiger partial charge in [-0.1, -0.05) is 58.9 Å². The van der Waals surface area contributed by atoms with Crippen molar-refractivity contribution in [1.29, 1.82) is 0 Å². The summed E-state index contributed by atoms with van der Waals surface area (Å²) >= 11 is 0. The molecule has 0 bridgehead atoms. The summed E-state index contributed by atoms with van der Waals surface area (Å²) in [5.41, 5.74) is 5.78. The topological polar surface area (TPSA) is 65.7 Å². The smallest absolute Gasteiger partial charge is 0.311 e. The number of hydrogen-bond donors (Lipinski definition) is 0. The van der Waals surface area contributed by atoms with Crippen molar-refractivity contribution >= 4 is 23.5 Å². The molecule has 0 radical (unpaired) electrons. The summed E-state index contributed by atoms with van der Waals surface area (Å²) in [5.74, 6) is 0.0227. The van der Waals surface area contributed by atoms with Crippen molar-refractivity contribution in [2.75, 3.05) is 7.05 Å². The van der Waals surface area contributed by atoms with Crippen LogP contribution in [0.25, 0.3) is 11.3 Å². The van der Waals surface area contributed by atoms with Crippen LogP contribution in [-0.2, 0) is 26.7 Å². The van der Waals surface area contributed by atoms with E-state index in [0.29, 0.717) is 5.76 Å². The number of aliphatic imine (C=N–C) groups is 1. The summed E-state index contributed by atoms with van der Waals surface area (Å²) in [4.78, 5) is 16.4. The van der Waals surface area contributed by atoms with Gasteiger partial charge in [-0.05, 0) is 30.4 Å². The lowest BCUT2D eigenvalue weighted by Crippen LogP contribution is -2.22. The number of carbonyl (C=O) groups is 1. The van der Waals surface area contributed by atoms with Crippen molar-refractivity contribution in [2.24, 2.45) is 18.0 Å². The Morgan fingerprint density at radius 2 is 1.69 bits per heavy atom. The van der Waals surface area contributed by atoms with Crippen LogP contribution in [0, 0.1) is 19.8 Å². The molecule has 1 aromatic carbocycles. The van der Waals surface area contributed by atoms with E-state index >= 15 is 0 Å². The molecule has 0 fully saturated rings. The fraction of sp³-hybridized carbons (Fsp3) is 0.500. The molecule has 0 saturated carbocycles. The molecular formula is C26H37N3O3. The van der Waals surface area contributed by atoms with Crippen molar-refractivity contribution in [3.05, 3.63) is 52.3 Å². The maximum absolute atomic E-state index is 12.1. The van der Waals surface area contributed by atoms with E-state index in [1.165, 1.54) is 5.56 Å². The van der Waals surface area contributed by atoms with Crippen molar-refractivity contribution in [3.8, 4) is 0 Å². The van der Waals surface area contributed by atoms with Crippen LogP contribution < -0.4 is 0 Å². The highest BCUT2D eigenvalue weighted by molar-refractivity contribution is 6.18. The third-order valence-electron chi connectivity index (χ3n) is 5.34. The average Bonchev–Trinajstić information content (AvgIpc) is 2.95. The predicted molar refractivity (Wildman–Crippen MR) is 131 cm³/mol.